The van der Waals surface area contributed by atoms with Crippen molar-refractivity contribution in [3.8, 4) is 57.2 Å². The van der Waals surface area contributed by atoms with E-state index < -0.39 is 5.97 Å². The van der Waals surface area contributed by atoms with Crippen molar-refractivity contribution in [3.63, 3.8) is 0 Å². The summed E-state index contributed by atoms with van der Waals surface area (Å²) in [5.74, 6) is 2.59. The quantitative estimate of drug-likeness (QED) is 0.0393. The highest BCUT2D eigenvalue weighted by molar-refractivity contribution is 5.72. The summed E-state index contributed by atoms with van der Waals surface area (Å²) < 4.78 is 22.6. The van der Waals surface area contributed by atoms with Crippen LogP contribution in [0.3, 0.4) is 0 Å². The summed E-state index contributed by atoms with van der Waals surface area (Å²) >= 11 is 0. The molecular weight excluding hydrogens is 727 g/mol. The lowest BCUT2D eigenvalue weighted by molar-refractivity contribution is -0.145. The number of aromatic nitrogens is 3. The third-order valence-electron chi connectivity index (χ3n) is 10.3. The van der Waals surface area contributed by atoms with E-state index >= 15 is 0 Å². The maximum atomic E-state index is 11.8. The summed E-state index contributed by atoms with van der Waals surface area (Å²) in [6.07, 6.45) is 25.7. The lowest BCUT2D eigenvalue weighted by Gasteiger charge is -2.12. The van der Waals surface area contributed by atoms with Gasteiger partial charge in [-0.05, 0) is 80.4 Å². The number of nitrogens with zero attached hydrogens (tertiary/aromatic N) is 3. The van der Waals surface area contributed by atoms with Crippen molar-refractivity contribution in [2.45, 2.75) is 149 Å². The van der Waals surface area contributed by atoms with Gasteiger partial charge in [0.1, 0.15) is 23.0 Å². The number of phenols is 1. The molecule has 0 fully saturated rings. The van der Waals surface area contributed by atoms with Crippen LogP contribution < -0.4 is 14.2 Å². The lowest BCUT2D eigenvalue weighted by Crippen LogP contribution is -2.14. The van der Waals surface area contributed by atoms with E-state index in [1.807, 2.05) is 48.5 Å². The SMILES string of the molecule is CCCCCCCCCCCCOc1ccc(-c2nc(-c3ccc(OCCCCCCCCCCCC)cc3)nc(-c3ccc(OCC(=O)OCC)cc3O)n2)cc1. The van der Waals surface area contributed by atoms with E-state index in [-0.39, 0.29) is 19.0 Å². The first-order valence-corrected chi connectivity index (χ1v) is 22.3. The highest BCUT2D eigenvalue weighted by Gasteiger charge is 2.16. The van der Waals surface area contributed by atoms with Gasteiger partial charge >= 0.3 is 5.97 Å². The van der Waals surface area contributed by atoms with E-state index in [9.17, 15) is 9.90 Å². The summed E-state index contributed by atoms with van der Waals surface area (Å²) in [7, 11) is 0. The molecule has 1 N–H and O–H groups in total. The molecule has 0 aliphatic carbocycles. The van der Waals surface area contributed by atoms with Crippen LogP contribution in [0.1, 0.15) is 149 Å². The number of unbranched alkanes of at least 4 members (excludes halogenated alkanes) is 18. The molecule has 0 amide bonds. The van der Waals surface area contributed by atoms with Gasteiger partial charge in [0.25, 0.3) is 0 Å². The molecule has 9 nitrogen and oxygen atoms in total. The smallest absolute Gasteiger partial charge is 0.344 e. The van der Waals surface area contributed by atoms with Gasteiger partial charge in [-0.2, -0.15) is 0 Å². The summed E-state index contributed by atoms with van der Waals surface area (Å²) in [5.41, 5.74) is 1.99. The first-order chi connectivity index (χ1) is 28.5. The number of esters is 1. The van der Waals surface area contributed by atoms with E-state index in [4.69, 9.17) is 33.9 Å². The first kappa shape index (κ1) is 46.0. The maximum absolute atomic E-state index is 11.8. The van der Waals surface area contributed by atoms with Crippen LogP contribution in [0.5, 0.6) is 23.0 Å². The van der Waals surface area contributed by atoms with Gasteiger partial charge in [0.15, 0.2) is 24.1 Å². The third-order valence-corrected chi connectivity index (χ3v) is 10.3. The Kier molecular flexibility index (Phi) is 22.1. The minimum absolute atomic E-state index is 0.0871. The summed E-state index contributed by atoms with van der Waals surface area (Å²) in [6, 6.07) is 20.4. The fourth-order valence-electron chi connectivity index (χ4n) is 6.85. The minimum Gasteiger partial charge on any atom is -0.507 e. The zero-order chi connectivity index (χ0) is 41.0. The van der Waals surface area contributed by atoms with Crippen molar-refractivity contribution in [3.05, 3.63) is 66.7 Å². The molecule has 0 aliphatic heterocycles. The Morgan fingerprint density at radius 1 is 0.483 bits per heavy atom. The van der Waals surface area contributed by atoms with Gasteiger partial charge in [0.2, 0.25) is 0 Å². The number of ether oxygens (including phenoxy) is 4. The molecule has 58 heavy (non-hydrogen) atoms. The Morgan fingerprint density at radius 2 is 0.879 bits per heavy atom. The third kappa shape index (κ3) is 17.5. The molecule has 3 aromatic carbocycles. The van der Waals surface area contributed by atoms with E-state index in [0.29, 0.717) is 42.0 Å². The van der Waals surface area contributed by atoms with Crippen LogP contribution in [0.2, 0.25) is 0 Å². The molecule has 1 heterocycles. The van der Waals surface area contributed by atoms with Crippen LogP contribution in [0.4, 0.5) is 0 Å². The van der Waals surface area contributed by atoms with Crippen LogP contribution in [-0.4, -0.2) is 52.5 Å². The monoisotopic (exact) mass is 796 g/mol. The fraction of sp³-hybridized carbons (Fsp3) is 0.551. The number of benzene rings is 3. The van der Waals surface area contributed by atoms with E-state index in [1.165, 1.54) is 122 Å². The molecule has 0 bridgehead atoms. The van der Waals surface area contributed by atoms with Crippen molar-refractivity contribution in [2.75, 3.05) is 26.4 Å². The van der Waals surface area contributed by atoms with Gasteiger partial charge in [-0.15, -0.1) is 0 Å². The molecule has 0 saturated heterocycles. The van der Waals surface area contributed by atoms with Crippen LogP contribution in [0, 0.1) is 0 Å². The van der Waals surface area contributed by atoms with Crippen molar-refractivity contribution in [1.29, 1.82) is 0 Å². The average Bonchev–Trinajstić information content (AvgIpc) is 3.24. The summed E-state index contributed by atoms with van der Waals surface area (Å²) in [5, 5.41) is 11.1. The molecule has 4 aromatic rings. The molecular formula is C49H69N3O6. The van der Waals surface area contributed by atoms with Crippen molar-refractivity contribution < 1.29 is 28.8 Å². The van der Waals surface area contributed by atoms with Crippen LogP contribution >= 0.6 is 0 Å². The number of hydrogen-bond acceptors (Lipinski definition) is 9. The predicted molar refractivity (Wildman–Crippen MR) is 235 cm³/mol. The zero-order valence-corrected chi connectivity index (χ0v) is 35.7. The second-order valence-corrected chi connectivity index (χ2v) is 15.2. The molecule has 0 unspecified atom stereocenters. The van der Waals surface area contributed by atoms with Crippen LogP contribution in [0.15, 0.2) is 66.7 Å². The first-order valence-electron chi connectivity index (χ1n) is 22.3. The fourth-order valence-corrected chi connectivity index (χ4v) is 6.85. The molecule has 0 saturated carbocycles. The minimum atomic E-state index is -0.483. The molecule has 1 aromatic heterocycles. The second-order valence-electron chi connectivity index (χ2n) is 15.2. The van der Waals surface area contributed by atoms with Gasteiger partial charge < -0.3 is 24.1 Å². The Balaban J connectivity index is 1.38. The second kappa shape index (κ2) is 27.9. The van der Waals surface area contributed by atoms with Crippen molar-refractivity contribution >= 4 is 5.97 Å². The molecule has 9 heteroatoms. The van der Waals surface area contributed by atoms with Crippen molar-refractivity contribution in [1.82, 2.24) is 15.0 Å². The maximum Gasteiger partial charge on any atom is 0.344 e. The summed E-state index contributed by atoms with van der Waals surface area (Å²) in [4.78, 5) is 26.3. The Labute approximate surface area is 348 Å². The number of phenolic OH excluding ortho intramolecular Hbond substituents is 1. The molecule has 316 valence electrons. The van der Waals surface area contributed by atoms with Gasteiger partial charge in [0, 0.05) is 17.2 Å². The van der Waals surface area contributed by atoms with E-state index in [2.05, 4.69) is 13.8 Å². The number of rotatable bonds is 31. The number of carbonyl (C=O) groups excluding carboxylic acids is 1. The van der Waals surface area contributed by atoms with Gasteiger partial charge in [-0.25, -0.2) is 19.7 Å². The molecule has 0 aliphatic rings. The van der Waals surface area contributed by atoms with Crippen LogP contribution in [0.25, 0.3) is 34.2 Å². The topological polar surface area (TPSA) is 113 Å². The van der Waals surface area contributed by atoms with Gasteiger partial charge in [-0.3, -0.25) is 0 Å². The predicted octanol–water partition coefficient (Wildman–Crippen LogP) is 13.1. The molecule has 0 atom stereocenters. The molecule has 0 spiro atoms. The number of carbonyl (C=O) groups is 1. The van der Waals surface area contributed by atoms with Crippen LogP contribution in [-0.2, 0) is 9.53 Å². The number of hydrogen-bond donors (Lipinski definition) is 1. The largest absolute Gasteiger partial charge is 0.507 e. The Morgan fingerprint density at radius 3 is 1.29 bits per heavy atom. The van der Waals surface area contributed by atoms with E-state index in [1.54, 1.807) is 19.1 Å². The Hall–Kier alpha value is -4.66. The Bertz CT molecular complexity index is 1630. The highest BCUT2D eigenvalue weighted by Crippen LogP contribution is 2.33. The summed E-state index contributed by atoms with van der Waals surface area (Å²) in [6.45, 7) is 7.64. The normalized spacial score (nSPS) is 11.1. The zero-order valence-electron chi connectivity index (χ0n) is 35.7. The average molecular weight is 796 g/mol. The van der Waals surface area contributed by atoms with Crippen molar-refractivity contribution in [2.24, 2.45) is 0 Å². The molecule has 0 radical (unpaired) electrons. The number of aromatic hydroxyl groups is 1. The van der Waals surface area contributed by atoms with Gasteiger partial charge in [-0.1, -0.05) is 129 Å². The van der Waals surface area contributed by atoms with Gasteiger partial charge in [0.05, 0.1) is 25.4 Å². The highest BCUT2D eigenvalue weighted by atomic mass is 16.6. The lowest BCUT2D eigenvalue weighted by atomic mass is 10.1. The standard InChI is InChI=1S/C49H69N3O6/c1-4-7-9-11-13-15-17-19-21-23-35-56-41-29-25-39(26-30-41)47-50-48(52-49(51-47)44-34-33-43(37-45(44)53)58-38-46(54)55-6-3)40-27-31-42(32-28-40)57-36-24-22-20-18-16-14-12-10-8-5-2/h25-34,37,53H,4-24,35-36,38H2,1-3H3. The van der Waals surface area contributed by atoms with E-state index in [0.717, 1.165) is 35.5 Å². The molecule has 4 rings (SSSR count).